The summed E-state index contributed by atoms with van der Waals surface area (Å²) in [4.78, 5) is 27.0. The molecule has 1 N–H and O–H groups in total. The molecule has 0 aliphatic rings. The minimum absolute atomic E-state index is 0.0243. The third kappa shape index (κ3) is 7.06. The minimum Gasteiger partial charge on any atom is -0.484 e. The molecule has 0 unspecified atom stereocenters. The first kappa shape index (κ1) is 24.9. The summed E-state index contributed by atoms with van der Waals surface area (Å²) < 4.78 is 20.9. The zero-order chi connectivity index (χ0) is 23.1. The molecule has 0 aromatic heterocycles. The molecule has 0 heterocycles. The first-order valence-electron chi connectivity index (χ1n) is 10.3. The highest BCUT2D eigenvalue weighted by atomic mass is 79.9. The molecule has 0 bridgehead atoms. The van der Waals surface area contributed by atoms with Crippen LogP contribution in [-0.4, -0.2) is 35.9 Å². The van der Waals surface area contributed by atoms with Gasteiger partial charge >= 0.3 is 0 Å². The predicted octanol–water partition coefficient (Wildman–Crippen LogP) is 4.77. The van der Waals surface area contributed by atoms with Gasteiger partial charge in [-0.3, -0.25) is 9.59 Å². The Morgan fingerprint density at radius 2 is 1.74 bits per heavy atom. The van der Waals surface area contributed by atoms with Gasteiger partial charge in [0.25, 0.3) is 5.91 Å². The van der Waals surface area contributed by atoms with Crippen LogP contribution in [0.2, 0.25) is 0 Å². The van der Waals surface area contributed by atoms with E-state index < -0.39 is 17.8 Å². The average molecular weight is 493 g/mol. The monoisotopic (exact) mass is 492 g/mol. The maximum absolute atomic E-state index is 14.2. The van der Waals surface area contributed by atoms with E-state index in [0.717, 1.165) is 15.6 Å². The Balaban J connectivity index is 2.19. The van der Waals surface area contributed by atoms with Crippen molar-refractivity contribution < 1.29 is 18.7 Å². The Kier molecular flexibility index (Phi) is 9.04. The van der Waals surface area contributed by atoms with E-state index in [4.69, 9.17) is 4.74 Å². The quantitative estimate of drug-likeness (QED) is 0.548. The van der Waals surface area contributed by atoms with Crippen molar-refractivity contribution in [1.29, 1.82) is 0 Å². The molecule has 0 saturated heterocycles. The number of ether oxygens (including phenoxy) is 1. The molecule has 0 radical (unpaired) electrons. The zero-order valence-corrected chi connectivity index (χ0v) is 20.3. The fourth-order valence-electron chi connectivity index (χ4n) is 3.06. The Bertz CT molecular complexity index is 910. The van der Waals surface area contributed by atoms with Crippen molar-refractivity contribution in [3.05, 3.63) is 63.4 Å². The lowest BCUT2D eigenvalue weighted by molar-refractivity contribution is -0.142. The van der Waals surface area contributed by atoms with E-state index in [0.29, 0.717) is 17.9 Å². The topological polar surface area (TPSA) is 58.6 Å². The summed E-state index contributed by atoms with van der Waals surface area (Å²) in [6, 6.07) is 9.14. The van der Waals surface area contributed by atoms with Gasteiger partial charge in [-0.2, -0.15) is 0 Å². The molecule has 0 saturated carbocycles. The van der Waals surface area contributed by atoms with Crippen LogP contribution in [-0.2, 0) is 16.1 Å². The van der Waals surface area contributed by atoms with Crippen molar-refractivity contribution >= 4 is 27.7 Å². The minimum atomic E-state index is -0.775. The summed E-state index contributed by atoms with van der Waals surface area (Å²) in [5, 5.41) is 2.84. The van der Waals surface area contributed by atoms with E-state index in [9.17, 15) is 14.0 Å². The first-order valence-corrected chi connectivity index (χ1v) is 11.1. The van der Waals surface area contributed by atoms with E-state index >= 15 is 0 Å². The lowest BCUT2D eigenvalue weighted by Crippen LogP contribution is -2.49. The molecule has 1 atom stereocenters. The standard InChI is InChI=1S/C24H30BrFN2O3/c1-15(2)12-27-24(30)18(5)28(13-19-8-6-7-9-21(19)26)22(29)14-31-20-10-16(3)23(25)17(4)11-20/h6-11,15,18H,12-14H2,1-5H3,(H,27,30)/t18-/m1/s1. The third-order valence-corrected chi connectivity index (χ3v) is 6.17. The second-order valence-corrected chi connectivity index (χ2v) is 8.88. The van der Waals surface area contributed by atoms with E-state index in [2.05, 4.69) is 21.2 Å². The molecule has 0 aliphatic heterocycles. The highest BCUT2D eigenvalue weighted by Crippen LogP contribution is 2.26. The van der Waals surface area contributed by atoms with Crippen molar-refractivity contribution in [1.82, 2.24) is 10.2 Å². The first-order chi connectivity index (χ1) is 14.6. The molecule has 2 amide bonds. The van der Waals surface area contributed by atoms with Crippen molar-refractivity contribution in [2.75, 3.05) is 13.2 Å². The van der Waals surface area contributed by atoms with Gasteiger partial charge in [0.05, 0.1) is 0 Å². The van der Waals surface area contributed by atoms with E-state index in [-0.39, 0.29) is 25.0 Å². The summed E-state index contributed by atoms with van der Waals surface area (Å²) >= 11 is 3.51. The molecule has 2 aromatic carbocycles. The van der Waals surface area contributed by atoms with Gasteiger partial charge in [0, 0.05) is 23.1 Å². The number of amides is 2. The van der Waals surface area contributed by atoms with Crippen LogP contribution in [0.25, 0.3) is 0 Å². The smallest absolute Gasteiger partial charge is 0.261 e. The SMILES string of the molecule is Cc1cc(OCC(=O)N(Cc2ccccc2F)[C@H](C)C(=O)NCC(C)C)cc(C)c1Br. The zero-order valence-electron chi connectivity index (χ0n) is 18.7. The summed E-state index contributed by atoms with van der Waals surface area (Å²) in [6.45, 7) is 9.72. The highest BCUT2D eigenvalue weighted by molar-refractivity contribution is 9.10. The molecule has 0 fully saturated rings. The fraction of sp³-hybridized carbons (Fsp3) is 0.417. The Labute approximate surface area is 192 Å². The van der Waals surface area contributed by atoms with Gasteiger partial charge in [0.1, 0.15) is 17.6 Å². The maximum atomic E-state index is 14.2. The second-order valence-electron chi connectivity index (χ2n) is 8.09. The van der Waals surface area contributed by atoms with Crippen molar-refractivity contribution in [2.45, 2.75) is 47.2 Å². The number of carbonyl (C=O) groups is 2. The van der Waals surface area contributed by atoms with Crippen LogP contribution in [0, 0.1) is 25.6 Å². The Hall–Kier alpha value is -2.41. The molecule has 5 nitrogen and oxygen atoms in total. The second kappa shape index (κ2) is 11.3. The molecular formula is C24H30BrFN2O3. The Morgan fingerprint density at radius 1 is 1.13 bits per heavy atom. The number of nitrogens with one attached hydrogen (secondary N) is 1. The third-order valence-electron chi connectivity index (χ3n) is 4.92. The number of carbonyl (C=O) groups excluding carboxylic acids is 2. The molecular weight excluding hydrogens is 463 g/mol. The molecule has 0 spiro atoms. The summed E-state index contributed by atoms with van der Waals surface area (Å²) in [7, 11) is 0. The lowest BCUT2D eigenvalue weighted by atomic mass is 10.1. The van der Waals surface area contributed by atoms with Gasteiger partial charge in [-0.1, -0.05) is 48.0 Å². The number of hydrogen-bond donors (Lipinski definition) is 1. The predicted molar refractivity (Wildman–Crippen MR) is 123 cm³/mol. The molecule has 7 heteroatoms. The molecule has 0 aliphatic carbocycles. The molecule has 2 aromatic rings. The van der Waals surface area contributed by atoms with Gasteiger partial charge in [-0.15, -0.1) is 0 Å². The summed E-state index contributed by atoms with van der Waals surface area (Å²) in [6.07, 6.45) is 0. The molecule has 168 valence electrons. The number of rotatable bonds is 9. The van der Waals surface area contributed by atoms with Crippen molar-refractivity contribution in [2.24, 2.45) is 5.92 Å². The molecule has 2 rings (SSSR count). The summed E-state index contributed by atoms with van der Waals surface area (Å²) in [5.41, 5.74) is 2.33. The van der Waals surface area contributed by atoms with Crippen LogP contribution in [0.15, 0.2) is 40.9 Å². The van der Waals surface area contributed by atoms with Crippen LogP contribution in [0.5, 0.6) is 5.75 Å². The molecule has 31 heavy (non-hydrogen) atoms. The van der Waals surface area contributed by atoms with Gasteiger partial charge in [-0.25, -0.2) is 4.39 Å². The number of benzene rings is 2. The van der Waals surface area contributed by atoms with E-state index in [1.54, 1.807) is 25.1 Å². The van der Waals surface area contributed by atoms with Crippen molar-refractivity contribution in [3.63, 3.8) is 0 Å². The maximum Gasteiger partial charge on any atom is 0.261 e. The number of hydrogen-bond acceptors (Lipinski definition) is 3. The average Bonchev–Trinajstić information content (AvgIpc) is 2.72. The van der Waals surface area contributed by atoms with Crippen LogP contribution in [0.4, 0.5) is 4.39 Å². The lowest BCUT2D eigenvalue weighted by Gasteiger charge is -2.29. The number of halogens is 2. The number of nitrogens with zero attached hydrogens (tertiary/aromatic N) is 1. The van der Waals surface area contributed by atoms with Gasteiger partial charge < -0.3 is 15.0 Å². The largest absolute Gasteiger partial charge is 0.484 e. The number of aryl methyl sites for hydroxylation is 2. The Morgan fingerprint density at radius 3 is 2.32 bits per heavy atom. The van der Waals surface area contributed by atoms with E-state index in [1.807, 2.05) is 39.8 Å². The van der Waals surface area contributed by atoms with Gasteiger partial charge in [0.2, 0.25) is 5.91 Å². The normalized spacial score (nSPS) is 11.9. The summed E-state index contributed by atoms with van der Waals surface area (Å²) in [5.74, 6) is -0.258. The van der Waals surface area contributed by atoms with Crippen LogP contribution in [0.1, 0.15) is 37.5 Å². The fourth-order valence-corrected chi connectivity index (χ4v) is 3.29. The van der Waals surface area contributed by atoms with Crippen LogP contribution in [0.3, 0.4) is 0 Å². The van der Waals surface area contributed by atoms with Crippen LogP contribution < -0.4 is 10.1 Å². The van der Waals surface area contributed by atoms with Crippen molar-refractivity contribution in [3.8, 4) is 5.75 Å². The van der Waals surface area contributed by atoms with Crippen LogP contribution >= 0.6 is 15.9 Å². The van der Waals surface area contributed by atoms with E-state index in [1.165, 1.54) is 11.0 Å². The van der Waals surface area contributed by atoms with Gasteiger partial charge in [-0.05, 0) is 56.0 Å². The highest BCUT2D eigenvalue weighted by Gasteiger charge is 2.27. The van der Waals surface area contributed by atoms with Gasteiger partial charge in [0.15, 0.2) is 6.61 Å².